The summed E-state index contributed by atoms with van der Waals surface area (Å²) in [5, 5.41) is 12.2. The van der Waals surface area contributed by atoms with Crippen LogP contribution in [-0.2, 0) is 19.2 Å². The maximum atomic E-state index is 14.8. The molecule has 256 valence electrons. The van der Waals surface area contributed by atoms with E-state index in [1.165, 1.54) is 9.80 Å². The van der Waals surface area contributed by atoms with Crippen molar-refractivity contribution in [3.05, 3.63) is 150 Å². The molecule has 52 heavy (non-hydrogen) atoms. The van der Waals surface area contributed by atoms with Gasteiger partial charge in [-0.2, -0.15) is 0 Å². The van der Waals surface area contributed by atoms with Crippen LogP contribution in [0.2, 0.25) is 0 Å². The van der Waals surface area contributed by atoms with Gasteiger partial charge in [0.05, 0.1) is 34.5 Å². The minimum Gasteiger partial charge on any atom is -0.507 e. The number of rotatable bonds is 5. The van der Waals surface area contributed by atoms with E-state index in [1.807, 2.05) is 55.5 Å². The summed E-state index contributed by atoms with van der Waals surface area (Å²) in [7, 11) is 0. The predicted octanol–water partition coefficient (Wildman–Crippen LogP) is 7.21. The minimum absolute atomic E-state index is 0.106. The quantitative estimate of drug-likeness (QED) is 0.119. The van der Waals surface area contributed by atoms with Crippen molar-refractivity contribution in [2.24, 2.45) is 29.1 Å². The number of benzene rings is 5. The number of aromatic hydroxyl groups is 1. The Morgan fingerprint density at radius 2 is 1.27 bits per heavy atom. The van der Waals surface area contributed by atoms with Crippen LogP contribution >= 0.6 is 0 Å². The third-order valence-electron chi connectivity index (χ3n) is 12.0. The molecule has 2 aliphatic carbocycles. The first-order chi connectivity index (χ1) is 25.2. The molecule has 3 fully saturated rings. The summed E-state index contributed by atoms with van der Waals surface area (Å²) in [6.45, 7) is 1.86. The number of phenols is 1. The molecule has 8 nitrogen and oxygen atoms in total. The highest BCUT2D eigenvalue weighted by molar-refractivity contribution is 6.25. The second kappa shape index (κ2) is 11.7. The molecule has 6 atom stereocenters. The standard InChI is InChI=1S/C44H34N2O6/c1-44-35(41(50)46(43(44)52)27-12-6-3-7-13-27)24-34-32(38(44)31-22-23-36(47)30-15-9-8-14-29(30)31)20-21-33-37(34)42(51)45(40(33)49)28-18-16-26(17-19-28)39(48)25-10-4-2-5-11-25/h2-20,22-23,33-35,37-38,47H,21,24H2,1H3. The van der Waals surface area contributed by atoms with Crippen LogP contribution in [0, 0.1) is 29.1 Å². The third-order valence-corrected chi connectivity index (χ3v) is 12.0. The normalized spacial score (nSPS) is 26.6. The first kappa shape index (κ1) is 31.8. The molecule has 6 unspecified atom stereocenters. The van der Waals surface area contributed by atoms with E-state index in [4.69, 9.17) is 0 Å². The van der Waals surface area contributed by atoms with E-state index in [2.05, 4.69) is 0 Å². The van der Waals surface area contributed by atoms with E-state index < -0.39 is 35.0 Å². The van der Waals surface area contributed by atoms with Gasteiger partial charge in [-0.05, 0) is 79.1 Å². The summed E-state index contributed by atoms with van der Waals surface area (Å²) in [6, 6.07) is 35.3. The Hall–Kier alpha value is -6.15. The van der Waals surface area contributed by atoms with Crippen LogP contribution in [0.15, 0.2) is 133 Å². The number of ketones is 1. The number of nitrogens with zero attached hydrogens (tertiary/aromatic N) is 2. The van der Waals surface area contributed by atoms with Gasteiger partial charge in [0, 0.05) is 22.4 Å². The van der Waals surface area contributed by atoms with Gasteiger partial charge in [-0.15, -0.1) is 0 Å². The van der Waals surface area contributed by atoms with Crippen molar-refractivity contribution in [1.82, 2.24) is 0 Å². The minimum atomic E-state index is -1.20. The number of amides is 4. The second-order valence-electron chi connectivity index (χ2n) is 14.5. The molecule has 8 heteroatoms. The lowest BCUT2D eigenvalue weighted by Crippen LogP contribution is -2.49. The fraction of sp³-hybridized carbons (Fsp3) is 0.205. The molecule has 4 amide bonds. The van der Waals surface area contributed by atoms with Crippen molar-refractivity contribution in [1.29, 1.82) is 0 Å². The highest BCUT2D eigenvalue weighted by atomic mass is 16.3. The van der Waals surface area contributed by atoms with Crippen LogP contribution in [0.3, 0.4) is 0 Å². The lowest BCUT2D eigenvalue weighted by Gasteiger charge is -2.49. The zero-order valence-electron chi connectivity index (χ0n) is 28.3. The summed E-state index contributed by atoms with van der Waals surface area (Å²) in [5.74, 6) is -4.56. The van der Waals surface area contributed by atoms with Gasteiger partial charge >= 0.3 is 0 Å². The van der Waals surface area contributed by atoms with Crippen LogP contribution in [0.25, 0.3) is 10.8 Å². The van der Waals surface area contributed by atoms with Crippen LogP contribution in [-0.4, -0.2) is 34.5 Å². The van der Waals surface area contributed by atoms with Gasteiger partial charge in [0.1, 0.15) is 5.75 Å². The van der Waals surface area contributed by atoms with Crippen molar-refractivity contribution in [2.75, 3.05) is 9.80 Å². The van der Waals surface area contributed by atoms with Crippen molar-refractivity contribution in [2.45, 2.75) is 25.7 Å². The van der Waals surface area contributed by atoms with E-state index in [-0.39, 0.29) is 41.6 Å². The van der Waals surface area contributed by atoms with Gasteiger partial charge in [-0.1, -0.05) is 90.5 Å². The Morgan fingerprint density at radius 3 is 1.98 bits per heavy atom. The Bertz CT molecular complexity index is 2370. The molecule has 0 aromatic heterocycles. The number of hydrogen-bond acceptors (Lipinski definition) is 6. The Kier molecular flexibility index (Phi) is 7.16. The van der Waals surface area contributed by atoms with Gasteiger partial charge in [-0.25, -0.2) is 4.90 Å². The highest BCUT2D eigenvalue weighted by Crippen LogP contribution is 2.64. The SMILES string of the molecule is CC12C(=O)N(c3ccccc3)C(=O)C1CC1C(=CCC3C(=O)N(c4ccc(C(=O)c5ccccc5)cc4)C(=O)C31)C2c1ccc(O)c2ccccc12. The topological polar surface area (TPSA) is 112 Å². The van der Waals surface area contributed by atoms with Crippen LogP contribution in [0.5, 0.6) is 5.75 Å². The first-order valence-corrected chi connectivity index (χ1v) is 17.6. The molecule has 0 bridgehead atoms. The second-order valence-corrected chi connectivity index (χ2v) is 14.5. The average Bonchev–Trinajstić information content (AvgIpc) is 3.55. The maximum absolute atomic E-state index is 14.8. The van der Waals surface area contributed by atoms with Gasteiger partial charge in [0.15, 0.2) is 5.78 Å². The summed E-state index contributed by atoms with van der Waals surface area (Å²) >= 11 is 0. The molecule has 4 aliphatic rings. The summed E-state index contributed by atoms with van der Waals surface area (Å²) in [4.78, 5) is 73.5. The lowest BCUT2D eigenvalue weighted by atomic mass is 9.51. The molecule has 0 radical (unpaired) electrons. The Labute approximate surface area is 300 Å². The smallest absolute Gasteiger partial charge is 0.241 e. The van der Waals surface area contributed by atoms with Crippen LogP contribution in [0.4, 0.5) is 11.4 Å². The molecule has 1 N–H and O–H groups in total. The number of imide groups is 2. The highest BCUT2D eigenvalue weighted by Gasteiger charge is 2.67. The molecule has 5 aromatic rings. The van der Waals surface area contributed by atoms with E-state index in [0.29, 0.717) is 34.3 Å². The molecule has 5 aromatic carbocycles. The largest absolute Gasteiger partial charge is 0.507 e. The van der Waals surface area contributed by atoms with E-state index >= 15 is 0 Å². The number of para-hydroxylation sites is 1. The maximum Gasteiger partial charge on any atom is 0.241 e. The first-order valence-electron chi connectivity index (χ1n) is 17.6. The molecule has 2 saturated heterocycles. The number of phenolic OH excluding ortho intramolecular Hbond substituents is 1. The third kappa shape index (κ3) is 4.43. The Balaban J connectivity index is 1.14. The fourth-order valence-corrected chi connectivity index (χ4v) is 9.51. The monoisotopic (exact) mass is 686 g/mol. The number of allylic oxidation sites excluding steroid dienone is 2. The predicted molar refractivity (Wildman–Crippen MR) is 195 cm³/mol. The zero-order valence-corrected chi connectivity index (χ0v) is 28.3. The Morgan fingerprint density at radius 1 is 0.654 bits per heavy atom. The zero-order chi connectivity index (χ0) is 35.9. The number of hydrogen-bond donors (Lipinski definition) is 1. The number of anilines is 2. The molecule has 2 heterocycles. The number of fused-ring (bicyclic) bond motifs is 5. The summed E-state index contributed by atoms with van der Waals surface area (Å²) in [6.07, 6.45) is 2.57. The number of carbonyl (C=O) groups is 5. The van der Waals surface area contributed by atoms with Crippen molar-refractivity contribution in [3.63, 3.8) is 0 Å². The molecule has 9 rings (SSSR count). The van der Waals surface area contributed by atoms with Crippen LogP contribution in [0.1, 0.15) is 47.2 Å². The molecular formula is C44H34N2O6. The number of carbonyl (C=O) groups excluding carboxylic acids is 5. The van der Waals surface area contributed by atoms with Gasteiger partial charge in [0.2, 0.25) is 23.6 Å². The lowest BCUT2D eigenvalue weighted by molar-refractivity contribution is -0.131. The van der Waals surface area contributed by atoms with Crippen molar-refractivity contribution >= 4 is 51.6 Å². The van der Waals surface area contributed by atoms with E-state index in [0.717, 1.165) is 16.5 Å². The van der Waals surface area contributed by atoms with Crippen LogP contribution < -0.4 is 9.80 Å². The van der Waals surface area contributed by atoms with Crippen molar-refractivity contribution in [3.8, 4) is 5.75 Å². The average molecular weight is 687 g/mol. The summed E-state index contributed by atoms with van der Waals surface area (Å²) in [5.41, 5.74) is 2.33. The fourth-order valence-electron chi connectivity index (χ4n) is 9.51. The van der Waals surface area contributed by atoms with Gasteiger partial charge in [-0.3, -0.25) is 28.9 Å². The molecule has 2 aliphatic heterocycles. The van der Waals surface area contributed by atoms with E-state index in [1.54, 1.807) is 78.9 Å². The summed E-state index contributed by atoms with van der Waals surface area (Å²) < 4.78 is 0. The van der Waals surface area contributed by atoms with Gasteiger partial charge in [0.25, 0.3) is 0 Å². The van der Waals surface area contributed by atoms with Crippen molar-refractivity contribution < 1.29 is 29.1 Å². The van der Waals surface area contributed by atoms with Gasteiger partial charge < -0.3 is 5.11 Å². The molecular weight excluding hydrogens is 652 g/mol. The molecule has 0 spiro atoms. The van der Waals surface area contributed by atoms with E-state index in [9.17, 15) is 29.1 Å². The molecule has 1 saturated carbocycles.